The lowest BCUT2D eigenvalue weighted by molar-refractivity contribution is -0.915. The molecule has 0 aliphatic carbocycles. The van der Waals surface area contributed by atoms with Gasteiger partial charge in [-0.25, -0.2) is 0 Å². The normalized spacial score (nSPS) is 27.2. The van der Waals surface area contributed by atoms with E-state index in [-0.39, 0.29) is 22.1 Å². The van der Waals surface area contributed by atoms with E-state index in [9.17, 15) is 32.7 Å². The van der Waals surface area contributed by atoms with E-state index in [1.807, 2.05) is 7.05 Å². The molecule has 150 valence electrons. The fourth-order valence-electron chi connectivity index (χ4n) is 3.10. The fraction of sp³-hybridized carbons (Fsp3) is 0.917. The van der Waals surface area contributed by atoms with Crippen LogP contribution in [0.2, 0.25) is 0 Å². The standard InChI is InChI=1S/C12H24NO8PS2.BrH/c1-10(14)23-7-6-13(2)5-3-4-11(9-13)8-12(15,22(16,17)18)24(19,20)21;/h11,15H,3-9H2,1-2H3,(H2-,16,17,18,19,20,21);1H. The summed E-state index contributed by atoms with van der Waals surface area (Å²) in [5.41, 5.74) is 0. The molecule has 0 amide bonds. The Morgan fingerprint density at radius 3 is 2.40 bits per heavy atom. The van der Waals surface area contributed by atoms with Gasteiger partial charge in [-0.15, -0.1) is 0 Å². The quantitative estimate of drug-likeness (QED) is 0.170. The fourth-order valence-corrected chi connectivity index (χ4v) is 6.06. The molecule has 3 atom stereocenters. The van der Waals surface area contributed by atoms with Crippen molar-refractivity contribution >= 4 is 34.6 Å². The molecule has 0 radical (unpaired) electrons. The highest BCUT2D eigenvalue weighted by molar-refractivity contribution is 8.13. The maximum absolute atomic E-state index is 11.4. The summed E-state index contributed by atoms with van der Waals surface area (Å²) >= 11 is 1.18. The van der Waals surface area contributed by atoms with E-state index in [0.29, 0.717) is 36.2 Å². The molecule has 3 unspecified atom stereocenters. The molecule has 1 saturated heterocycles. The Morgan fingerprint density at radius 2 is 1.96 bits per heavy atom. The van der Waals surface area contributed by atoms with Gasteiger partial charge in [-0.3, -0.25) is 13.9 Å². The van der Waals surface area contributed by atoms with Crippen molar-refractivity contribution < 1.29 is 58.7 Å². The maximum atomic E-state index is 11.4. The van der Waals surface area contributed by atoms with Crippen LogP contribution in [0.4, 0.5) is 0 Å². The van der Waals surface area contributed by atoms with Crippen molar-refractivity contribution in [3.05, 3.63) is 0 Å². The van der Waals surface area contributed by atoms with Crippen LogP contribution in [-0.2, 0) is 19.5 Å². The number of hydrogen-bond donors (Lipinski definition) is 4. The lowest BCUT2D eigenvalue weighted by atomic mass is 9.93. The number of hydrogen-bond acceptors (Lipinski definition) is 6. The van der Waals surface area contributed by atoms with Crippen LogP contribution in [0.3, 0.4) is 0 Å². The smallest absolute Gasteiger partial charge is 0.375 e. The average Bonchev–Trinajstić information content (AvgIpc) is 2.35. The number of halogens is 1. The van der Waals surface area contributed by atoms with Crippen molar-refractivity contribution in [3.63, 3.8) is 0 Å². The number of thioether (sulfide) groups is 1. The van der Waals surface area contributed by atoms with E-state index in [4.69, 9.17) is 4.55 Å². The molecule has 1 heterocycles. The maximum Gasteiger partial charge on any atom is 0.375 e. The number of piperidine rings is 1. The third kappa shape index (κ3) is 6.86. The summed E-state index contributed by atoms with van der Waals surface area (Å²) in [6.45, 7) is 3.29. The van der Waals surface area contributed by atoms with Crippen molar-refractivity contribution in [1.82, 2.24) is 0 Å². The van der Waals surface area contributed by atoms with E-state index < -0.39 is 34.7 Å². The van der Waals surface area contributed by atoms with Crippen LogP contribution in [0.5, 0.6) is 0 Å². The second-order valence-corrected chi connectivity index (χ2v) is 11.6. The second kappa shape index (κ2) is 9.11. The summed E-state index contributed by atoms with van der Waals surface area (Å²) in [7, 11) is -8.93. The highest BCUT2D eigenvalue weighted by Gasteiger charge is 2.58. The van der Waals surface area contributed by atoms with Crippen LogP contribution in [0, 0.1) is 5.92 Å². The Balaban J connectivity index is 0.00000576. The van der Waals surface area contributed by atoms with Gasteiger partial charge in [0.2, 0.25) is 0 Å². The molecular weight excluding hydrogens is 461 g/mol. The average molecular weight is 486 g/mol. The molecule has 1 aliphatic heterocycles. The summed E-state index contributed by atoms with van der Waals surface area (Å²) in [5, 5.41) is 10.00. The van der Waals surface area contributed by atoms with Crippen molar-refractivity contribution in [3.8, 4) is 0 Å². The van der Waals surface area contributed by atoms with Gasteiger partial charge in [0, 0.05) is 19.3 Å². The number of carbonyl (C=O) groups is 1. The minimum Gasteiger partial charge on any atom is -1.00 e. The highest BCUT2D eigenvalue weighted by Crippen LogP contribution is 2.55. The minimum absolute atomic E-state index is 0. The van der Waals surface area contributed by atoms with Gasteiger partial charge in [-0.2, -0.15) is 8.42 Å². The molecule has 9 nitrogen and oxygen atoms in total. The Labute approximate surface area is 162 Å². The molecule has 25 heavy (non-hydrogen) atoms. The monoisotopic (exact) mass is 485 g/mol. The number of rotatable bonds is 7. The van der Waals surface area contributed by atoms with Crippen molar-refractivity contribution in [1.29, 1.82) is 0 Å². The lowest BCUT2D eigenvalue weighted by Crippen LogP contribution is -3.00. The molecule has 1 aliphatic rings. The Morgan fingerprint density at radius 1 is 1.40 bits per heavy atom. The third-order valence-corrected chi connectivity index (χ3v) is 8.65. The molecule has 13 heteroatoms. The predicted octanol–water partition coefficient (Wildman–Crippen LogP) is -2.77. The summed E-state index contributed by atoms with van der Waals surface area (Å²) in [5.74, 6) is 0.102. The molecule has 1 fully saturated rings. The molecular formula is C12H25BrNO8PS2. The van der Waals surface area contributed by atoms with Crippen molar-refractivity contribution in [2.24, 2.45) is 5.92 Å². The molecule has 1 rings (SSSR count). The largest absolute Gasteiger partial charge is 1.00 e. The molecule has 0 saturated carbocycles. The Hall–Kier alpha value is 0.480. The van der Waals surface area contributed by atoms with Gasteiger partial charge >= 0.3 is 17.7 Å². The summed E-state index contributed by atoms with van der Waals surface area (Å²) < 4.78 is 40.3. The Bertz CT molecular complexity index is 627. The summed E-state index contributed by atoms with van der Waals surface area (Å²) in [6, 6.07) is 0. The number of likely N-dealkylation sites (tertiary alicyclic amines) is 1. The van der Waals surface area contributed by atoms with Crippen molar-refractivity contribution in [2.45, 2.75) is 30.9 Å². The number of nitrogens with zero attached hydrogens (tertiary/aromatic N) is 1. The number of aliphatic hydroxyl groups is 1. The van der Waals surface area contributed by atoms with Gasteiger partial charge in [0.15, 0.2) is 5.12 Å². The first-order valence-electron chi connectivity index (χ1n) is 7.42. The topological polar surface area (TPSA) is 149 Å². The van der Waals surface area contributed by atoms with E-state index >= 15 is 0 Å². The van der Waals surface area contributed by atoms with Gasteiger partial charge < -0.3 is 36.4 Å². The van der Waals surface area contributed by atoms with Crippen LogP contribution in [0.25, 0.3) is 0 Å². The van der Waals surface area contributed by atoms with Crippen LogP contribution < -0.4 is 17.0 Å². The second-order valence-electron chi connectivity index (χ2n) is 6.56. The van der Waals surface area contributed by atoms with Gasteiger partial charge in [0.05, 0.1) is 32.4 Å². The highest BCUT2D eigenvalue weighted by atomic mass is 79.9. The van der Waals surface area contributed by atoms with E-state index in [1.165, 1.54) is 18.7 Å². The summed E-state index contributed by atoms with van der Waals surface area (Å²) in [6.07, 6.45) is 0.448. The van der Waals surface area contributed by atoms with Crippen LogP contribution in [0.15, 0.2) is 0 Å². The van der Waals surface area contributed by atoms with Crippen LogP contribution in [-0.4, -0.2) is 74.6 Å². The van der Waals surface area contributed by atoms with Gasteiger partial charge in [0.1, 0.15) is 0 Å². The zero-order valence-electron chi connectivity index (χ0n) is 14.0. The summed E-state index contributed by atoms with van der Waals surface area (Å²) in [4.78, 5) is 29.4. The van der Waals surface area contributed by atoms with E-state index in [2.05, 4.69) is 0 Å². The van der Waals surface area contributed by atoms with E-state index in [0.717, 1.165) is 6.54 Å². The van der Waals surface area contributed by atoms with Gasteiger partial charge in [-0.05, 0) is 12.8 Å². The number of carbonyl (C=O) groups excluding carboxylic acids is 1. The van der Waals surface area contributed by atoms with Crippen LogP contribution >= 0.6 is 19.4 Å². The first-order chi connectivity index (χ1) is 10.7. The molecule has 4 N–H and O–H groups in total. The minimum atomic E-state index is -5.49. The zero-order chi connectivity index (χ0) is 18.8. The Kier molecular flexibility index (Phi) is 9.29. The first-order valence-corrected chi connectivity index (χ1v) is 11.5. The molecule has 0 spiro atoms. The predicted molar refractivity (Wildman–Crippen MR) is 89.8 cm³/mol. The van der Waals surface area contributed by atoms with E-state index in [1.54, 1.807) is 0 Å². The van der Waals surface area contributed by atoms with Crippen LogP contribution in [0.1, 0.15) is 26.2 Å². The van der Waals surface area contributed by atoms with Gasteiger partial charge in [0.25, 0.3) is 4.67 Å². The third-order valence-electron chi connectivity index (χ3n) is 4.37. The molecule has 0 aromatic carbocycles. The zero-order valence-corrected chi connectivity index (χ0v) is 18.2. The number of quaternary nitrogens is 1. The molecule has 0 aromatic rings. The SMILES string of the molecule is CC(=O)SCC[N+]1(C)CCCC(CC(O)(P(=O)(O)O)S(=O)(=O)O)C1.[Br-]. The molecule has 0 aromatic heterocycles. The van der Waals surface area contributed by atoms with Gasteiger partial charge in [-0.1, -0.05) is 11.8 Å². The molecule has 0 bridgehead atoms. The lowest BCUT2D eigenvalue weighted by Gasteiger charge is -2.42. The van der Waals surface area contributed by atoms with Crippen molar-refractivity contribution in [2.75, 3.05) is 32.4 Å². The first kappa shape index (κ1) is 25.5.